The van der Waals surface area contributed by atoms with Gasteiger partial charge in [0.15, 0.2) is 6.29 Å². The lowest BCUT2D eigenvalue weighted by Crippen LogP contribution is -2.22. The summed E-state index contributed by atoms with van der Waals surface area (Å²) in [4.78, 5) is 3.78. The van der Waals surface area contributed by atoms with Crippen molar-refractivity contribution in [3.8, 4) is 5.69 Å². The summed E-state index contributed by atoms with van der Waals surface area (Å²) >= 11 is 0. The molecule has 0 aliphatic carbocycles. The molecule has 9 heteroatoms. The molecule has 0 saturated carbocycles. The molecule has 1 aliphatic rings. The maximum Gasteiger partial charge on any atom is 0.450 e. The Hall–Kier alpha value is -2.65. The quantitative estimate of drug-likeness (QED) is 0.671. The van der Waals surface area contributed by atoms with Crippen LogP contribution in [0.25, 0.3) is 22.7 Å². The molecule has 2 aromatic heterocycles. The second kappa shape index (κ2) is 8.00. The number of alkyl halides is 3. The van der Waals surface area contributed by atoms with Gasteiger partial charge in [-0.15, -0.1) is 0 Å². The van der Waals surface area contributed by atoms with Crippen LogP contribution in [-0.4, -0.2) is 39.3 Å². The Morgan fingerprint density at radius 1 is 1.34 bits per heavy atom. The summed E-state index contributed by atoms with van der Waals surface area (Å²) in [7, 11) is 0. The minimum absolute atomic E-state index is 0.204. The van der Waals surface area contributed by atoms with E-state index in [4.69, 9.17) is 9.47 Å². The fraction of sp³-hybridized carbons (Fsp3) is 0.400. The third-order valence-electron chi connectivity index (χ3n) is 4.79. The van der Waals surface area contributed by atoms with Crippen molar-refractivity contribution >= 4 is 17.0 Å². The molecule has 1 atom stereocenters. The Bertz CT molecular complexity index is 1020. The van der Waals surface area contributed by atoms with E-state index in [1.54, 1.807) is 24.4 Å². The monoisotopic (exact) mass is 406 g/mol. The molecule has 3 heterocycles. The first kappa shape index (κ1) is 19.7. The molecule has 0 amide bonds. The minimum atomic E-state index is -4.59. The summed E-state index contributed by atoms with van der Waals surface area (Å²) in [6.07, 6.45) is 4.20. The van der Waals surface area contributed by atoms with Gasteiger partial charge in [-0.25, -0.2) is 4.98 Å². The molecule has 0 spiro atoms. The summed E-state index contributed by atoms with van der Waals surface area (Å²) in [5, 5.41) is 7.54. The molecule has 1 fully saturated rings. The Kier molecular flexibility index (Phi) is 5.42. The van der Waals surface area contributed by atoms with Crippen LogP contribution in [0.3, 0.4) is 0 Å². The smallest absolute Gasteiger partial charge is 0.353 e. The molecule has 3 aromatic rings. The standard InChI is InChI=1S/C20H21F3N4O2/c1-13-9-16(10-14-11-24-26-18(13)14)27-12-15(25-19(27)20(21,22)23)5-4-8-29-17-6-2-3-7-28-17/h4-5,9-12,17H,2-3,6-8H2,1H3,(H,24,26)/b5-4+. The molecule has 0 bridgehead atoms. The number of hydrogen-bond acceptors (Lipinski definition) is 4. The molecule has 0 radical (unpaired) electrons. The average molecular weight is 406 g/mol. The van der Waals surface area contributed by atoms with Crippen molar-refractivity contribution in [3.05, 3.63) is 47.7 Å². The summed E-state index contributed by atoms with van der Waals surface area (Å²) < 4.78 is 52.8. The highest BCUT2D eigenvalue weighted by Crippen LogP contribution is 2.32. The molecular weight excluding hydrogens is 385 g/mol. The van der Waals surface area contributed by atoms with E-state index in [-0.39, 0.29) is 18.6 Å². The Balaban J connectivity index is 1.58. The number of ether oxygens (including phenoxy) is 2. The SMILES string of the molecule is Cc1cc(-n2cc(/C=C/COC3CCCCO3)nc2C(F)(F)F)cc2cn[nH]c12. The molecule has 29 heavy (non-hydrogen) atoms. The molecule has 1 unspecified atom stereocenters. The van der Waals surface area contributed by atoms with Crippen LogP contribution < -0.4 is 0 Å². The van der Waals surface area contributed by atoms with Crippen molar-refractivity contribution in [1.82, 2.24) is 19.7 Å². The summed E-state index contributed by atoms with van der Waals surface area (Å²) in [6, 6.07) is 3.33. The number of fused-ring (bicyclic) bond motifs is 1. The van der Waals surface area contributed by atoms with E-state index in [2.05, 4.69) is 15.2 Å². The van der Waals surface area contributed by atoms with Gasteiger partial charge in [0.25, 0.3) is 0 Å². The predicted molar refractivity (Wildman–Crippen MR) is 102 cm³/mol. The van der Waals surface area contributed by atoms with Gasteiger partial charge >= 0.3 is 6.18 Å². The second-order valence-corrected chi connectivity index (χ2v) is 6.99. The first-order chi connectivity index (χ1) is 13.9. The lowest BCUT2D eigenvalue weighted by molar-refractivity contribution is -0.155. The molecule has 1 aliphatic heterocycles. The van der Waals surface area contributed by atoms with Gasteiger partial charge in [0.1, 0.15) is 0 Å². The van der Waals surface area contributed by atoms with Crippen molar-refractivity contribution in [2.75, 3.05) is 13.2 Å². The van der Waals surface area contributed by atoms with Gasteiger partial charge in [0, 0.05) is 23.9 Å². The van der Waals surface area contributed by atoms with Crippen LogP contribution in [-0.2, 0) is 15.7 Å². The highest BCUT2D eigenvalue weighted by atomic mass is 19.4. The number of imidazole rings is 1. The van der Waals surface area contributed by atoms with E-state index in [9.17, 15) is 13.2 Å². The third kappa shape index (κ3) is 4.35. The number of nitrogens with zero attached hydrogens (tertiary/aromatic N) is 3. The topological polar surface area (TPSA) is 65.0 Å². The molecule has 1 saturated heterocycles. The highest BCUT2D eigenvalue weighted by Gasteiger charge is 2.37. The number of benzene rings is 1. The number of halogens is 3. The fourth-order valence-corrected chi connectivity index (χ4v) is 3.40. The summed E-state index contributed by atoms with van der Waals surface area (Å²) in [6.45, 7) is 2.74. The zero-order valence-electron chi connectivity index (χ0n) is 15.9. The fourth-order valence-electron chi connectivity index (χ4n) is 3.40. The zero-order chi connectivity index (χ0) is 20.4. The van der Waals surface area contributed by atoms with E-state index in [1.165, 1.54) is 12.3 Å². The van der Waals surface area contributed by atoms with E-state index in [1.807, 2.05) is 6.92 Å². The first-order valence-electron chi connectivity index (χ1n) is 9.42. The van der Waals surface area contributed by atoms with Crippen molar-refractivity contribution < 1.29 is 22.6 Å². The number of aryl methyl sites for hydroxylation is 1. The summed E-state index contributed by atoms with van der Waals surface area (Å²) in [5.74, 6) is -0.976. The second-order valence-electron chi connectivity index (χ2n) is 6.99. The van der Waals surface area contributed by atoms with Gasteiger partial charge < -0.3 is 9.47 Å². The molecule has 4 rings (SSSR count). The van der Waals surface area contributed by atoms with Crippen molar-refractivity contribution in [3.63, 3.8) is 0 Å². The van der Waals surface area contributed by atoms with Gasteiger partial charge in [-0.1, -0.05) is 6.08 Å². The molecule has 6 nitrogen and oxygen atoms in total. The van der Waals surface area contributed by atoms with Crippen LogP contribution in [0.5, 0.6) is 0 Å². The number of aromatic nitrogens is 4. The molecule has 154 valence electrons. The van der Waals surface area contributed by atoms with Gasteiger partial charge in [0.2, 0.25) is 5.82 Å². The lowest BCUT2D eigenvalue weighted by Gasteiger charge is -2.21. The van der Waals surface area contributed by atoms with Crippen LogP contribution in [0, 0.1) is 6.92 Å². The zero-order valence-corrected chi connectivity index (χ0v) is 15.9. The summed E-state index contributed by atoms with van der Waals surface area (Å²) in [5.41, 5.74) is 2.18. The maximum atomic E-state index is 13.6. The van der Waals surface area contributed by atoms with Gasteiger partial charge in [-0.05, 0) is 50.0 Å². The van der Waals surface area contributed by atoms with E-state index >= 15 is 0 Å². The predicted octanol–water partition coefficient (Wildman–Crippen LogP) is 4.63. The van der Waals surface area contributed by atoms with Crippen molar-refractivity contribution in [2.45, 2.75) is 38.7 Å². The van der Waals surface area contributed by atoms with Crippen LogP contribution >= 0.6 is 0 Å². The van der Waals surface area contributed by atoms with Crippen LogP contribution in [0.2, 0.25) is 0 Å². The van der Waals surface area contributed by atoms with E-state index in [0.717, 1.165) is 40.3 Å². The Morgan fingerprint density at radius 3 is 2.97 bits per heavy atom. The van der Waals surface area contributed by atoms with Gasteiger partial charge in [0.05, 0.1) is 24.0 Å². The maximum absolute atomic E-state index is 13.6. The number of nitrogens with one attached hydrogen (secondary N) is 1. The third-order valence-corrected chi connectivity index (χ3v) is 4.79. The van der Waals surface area contributed by atoms with Crippen molar-refractivity contribution in [1.29, 1.82) is 0 Å². The highest BCUT2D eigenvalue weighted by molar-refractivity contribution is 5.83. The average Bonchev–Trinajstić information content (AvgIpc) is 3.33. The normalized spacial score (nSPS) is 18.1. The first-order valence-corrected chi connectivity index (χ1v) is 9.42. The lowest BCUT2D eigenvalue weighted by atomic mass is 10.1. The van der Waals surface area contributed by atoms with Crippen LogP contribution in [0.4, 0.5) is 13.2 Å². The Morgan fingerprint density at radius 2 is 2.21 bits per heavy atom. The molecule has 1 aromatic carbocycles. The Labute approximate surface area is 165 Å². The van der Waals surface area contributed by atoms with E-state index < -0.39 is 12.0 Å². The van der Waals surface area contributed by atoms with Gasteiger partial charge in [-0.3, -0.25) is 9.67 Å². The number of hydrogen-bond donors (Lipinski definition) is 1. The molecule has 1 N–H and O–H groups in total. The van der Waals surface area contributed by atoms with E-state index in [0.29, 0.717) is 12.3 Å². The number of H-pyrrole nitrogens is 1. The number of aromatic amines is 1. The van der Waals surface area contributed by atoms with Crippen molar-refractivity contribution in [2.24, 2.45) is 0 Å². The minimum Gasteiger partial charge on any atom is -0.353 e. The van der Waals surface area contributed by atoms with Crippen LogP contribution in [0.15, 0.2) is 30.6 Å². The number of rotatable bonds is 5. The van der Waals surface area contributed by atoms with Crippen LogP contribution in [0.1, 0.15) is 36.3 Å². The largest absolute Gasteiger partial charge is 0.450 e. The van der Waals surface area contributed by atoms with Gasteiger partial charge in [-0.2, -0.15) is 18.3 Å². The molecular formula is C20H21F3N4O2.